The third-order valence-corrected chi connectivity index (χ3v) is 2.10. The Balaban J connectivity index is 3.55. The first-order valence-corrected chi connectivity index (χ1v) is 5.80. The Morgan fingerprint density at radius 3 is 2.27 bits per heavy atom. The van der Waals surface area contributed by atoms with E-state index in [1.807, 2.05) is 0 Å². The van der Waals surface area contributed by atoms with E-state index < -0.39 is 0 Å². The number of nitrogens with one attached hydrogen (secondary N) is 1. The summed E-state index contributed by atoms with van der Waals surface area (Å²) in [6.45, 7) is 12.2. The summed E-state index contributed by atoms with van der Waals surface area (Å²) in [7, 11) is 0. The molecule has 3 nitrogen and oxygen atoms in total. The van der Waals surface area contributed by atoms with Gasteiger partial charge in [0.1, 0.15) is 0 Å². The van der Waals surface area contributed by atoms with Gasteiger partial charge in [-0.15, -0.1) is 0 Å². The Morgan fingerprint density at radius 2 is 1.87 bits per heavy atom. The van der Waals surface area contributed by atoms with Gasteiger partial charge in [-0.2, -0.15) is 0 Å². The van der Waals surface area contributed by atoms with Crippen LogP contribution in [0.2, 0.25) is 0 Å². The molecule has 0 spiro atoms. The first-order valence-electron chi connectivity index (χ1n) is 5.80. The predicted octanol–water partition coefficient (Wildman–Crippen LogP) is 1.80. The van der Waals surface area contributed by atoms with Crippen LogP contribution >= 0.6 is 0 Å². The first-order chi connectivity index (χ1) is 6.85. The van der Waals surface area contributed by atoms with E-state index in [9.17, 15) is 0 Å². The normalized spacial score (nSPS) is 14.6. The van der Waals surface area contributed by atoms with Crippen molar-refractivity contribution in [2.24, 2.45) is 5.41 Å². The summed E-state index contributed by atoms with van der Waals surface area (Å²) in [5.74, 6) is 0. The van der Waals surface area contributed by atoms with E-state index in [1.54, 1.807) is 0 Å². The minimum absolute atomic E-state index is 0.0602. The monoisotopic (exact) mass is 217 g/mol. The van der Waals surface area contributed by atoms with Gasteiger partial charge in [-0.25, -0.2) is 0 Å². The number of hydrogen-bond acceptors (Lipinski definition) is 3. The van der Waals surface area contributed by atoms with Gasteiger partial charge in [0, 0.05) is 12.6 Å². The zero-order chi connectivity index (χ0) is 11.9. The highest BCUT2D eigenvalue weighted by molar-refractivity contribution is 4.67. The van der Waals surface area contributed by atoms with Crippen molar-refractivity contribution >= 4 is 0 Å². The van der Waals surface area contributed by atoms with Crippen LogP contribution in [0.5, 0.6) is 0 Å². The minimum atomic E-state index is 0.0602. The zero-order valence-electron chi connectivity index (χ0n) is 10.8. The second-order valence-corrected chi connectivity index (χ2v) is 5.59. The molecule has 0 aliphatic carbocycles. The third-order valence-electron chi connectivity index (χ3n) is 2.10. The molecule has 0 aromatic heterocycles. The second-order valence-electron chi connectivity index (χ2n) is 5.59. The molecule has 0 saturated carbocycles. The molecule has 0 amide bonds. The van der Waals surface area contributed by atoms with Gasteiger partial charge in [0.05, 0.1) is 19.3 Å². The van der Waals surface area contributed by atoms with Gasteiger partial charge in [0.15, 0.2) is 0 Å². The lowest BCUT2D eigenvalue weighted by Crippen LogP contribution is -2.41. The van der Waals surface area contributed by atoms with Crippen molar-refractivity contribution in [3.63, 3.8) is 0 Å². The highest BCUT2D eigenvalue weighted by Gasteiger charge is 2.11. The van der Waals surface area contributed by atoms with Crippen LogP contribution in [0, 0.1) is 5.41 Å². The predicted molar refractivity (Wildman–Crippen MR) is 64.0 cm³/mol. The molecular weight excluding hydrogens is 190 g/mol. The van der Waals surface area contributed by atoms with E-state index in [2.05, 4.69) is 39.9 Å². The van der Waals surface area contributed by atoms with Gasteiger partial charge >= 0.3 is 0 Å². The van der Waals surface area contributed by atoms with Crippen molar-refractivity contribution in [2.75, 3.05) is 19.8 Å². The van der Waals surface area contributed by atoms with Crippen LogP contribution in [-0.2, 0) is 4.74 Å². The fourth-order valence-corrected chi connectivity index (χ4v) is 1.23. The van der Waals surface area contributed by atoms with Gasteiger partial charge in [-0.05, 0) is 11.8 Å². The smallest absolute Gasteiger partial charge is 0.0642 e. The van der Waals surface area contributed by atoms with Crippen LogP contribution in [0.15, 0.2) is 0 Å². The van der Waals surface area contributed by atoms with Crippen molar-refractivity contribution in [2.45, 2.75) is 53.1 Å². The van der Waals surface area contributed by atoms with Gasteiger partial charge in [-0.1, -0.05) is 34.6 Å². The molecule has 0 aromatic carbocycles. The Labute approximate surface area is 94.2 Å². The average Bonchev–Trinajstić information content (AvgIpc) is 2.08. The standard InChI is InChI=1S/C12H27NO2/c1-10(2)13-11(8-14)9-15-7-6-12(3,4)5/h10-11,13-14H,6-9H2,1-5H3. The van der Waals surface area contributed by atoms with Gasteiger partial charge < -0.3 is 15.2 Å². The van der Waals surface area contributed by atoms with E-state index in [1.165, 1.54) is 0 Å². The lowest BCUT2D eigenvalue weighted by atomic mass is 9.93. The molecule has 0 aromatic rings. The summed E-state index contributed by atoms with van der Waals surface area (Å²) in [5, 5.41) is 12.3. The van der Waals surface area contributed by atoms with Crippen LogP contribution in [0.25, 0.3) is 0 Å². The fraction of sp³-hybridized carbons (Fsp3) is 1.00. The van der Waals surface area contributed by atoms with Crippen molar-refractivity contribution in [1.29, 1.82) is 0 Å². The second kappa shape index (κ2) is 7.20. The lowest BCUT2D eigenvalue weighted by Gasteiger charge is -2.21. The molecule has 3 heteroatoms. The quantitative estimate of drug-likeness (QED) is 0.639. The summed E-state index contributed by atoms with van der Waals surface area (Å²) >= 11 is 0. The Bertz CT molecular complexity index is 152. The number of ether oxygens (including phenoxy) is 1. The maximum atomic E-state index is 9.09. The molecule has 1 unspecified atom stereocenters. The van der Waals surface area contributed by atoms with Crippen molar-refractivity contribution in [3.8, 4) is 0 Å². The highest BCUT2D eigenvalue weighted by atomic mass is 16.5. The molecular formula is C12H27NO2. The molecule has 0 aliphatic rings. The highest BCUT2D eigenvalue weighted by Crippen LogP contribution is 2.17. The number of hydrogen-bond donors (Lipinski definition) is 2. The molecule has 2 N–H and O–H groups in total. The third kappa shape index (κ3) is 10.2. The maximum Gasteiger partial charge on any atom is 0.0642 e. The van der Waals surface area contributed by atoms with Crippen molar-refractivity contribution in [3.05, 3.63) is 0 Å². The molecule has 92 valence electrons. The SMILES string of the molecule is CC(C)NC(CO)COCCC(C)(C)C. The molecule has 0 radical (unpaired) electrons. The topological polar surface area (TPSA) is 41.5 Å². The summed E-state index contributed by atoms with van der Waals surface area (Å²) in [4.78, 5) is 0. The average molecular weight is 217 g/mol. The number of aliphatic hydroxyl groups is 1. The summed E-state index contributed by atoms with van der Waals surface area (Å²) in [6, 6.07) is 0.443. The van der Waals surface area contributed by atoms with Crippen LogP contribution in [-0.4, -0.2) is 37.0 Å². The molecule has 0 aliphatic heterocycles. The van der Waals surface area contributed by atoms with Gasteiger partial charge in [0.25, 0.3) is 0 Å². The molecule has 15 heavy (non-hydrogen) atoms. The van der Waals surface area contributed by atoms with Crippen molar-refractivity contribution < 1.29 is 9.84 Å². The zero-order valence-corrected chi connectivity index (χ0v) is 10.8. The Kier molecular flexibility index (Phi) is 7.14. The van der Waals surface area contributed by atoms with Gasteiger partial charge in [0.2, 0.25) is 0 Å². The number of rotatable bonds is 7. The van der Waals surface area contributed by atoms with Gasteiger partial charge in [-0.3, -0.25) is 0 Å². The molecule has 0 heterocycles. The summed E-state index contributed by atoms with van der Waals surface area (Å²) in [5.41, 5.74) is 0.320. The summed E-state index contributed by atoms with van der Waals surface area (Å²) in [6.07, 6.45) is 1.05. The number of aliphatic hydroxyl groups excluding tert-OH is 1. The summed E-state index contributed by atoms with van der Waals surface area (Å²) < 4.78 is 5.54. The van der Waals surface area contributed by atoms with E-state index in [-0.39, 0.29) is 12.6 Å². The fourth-order valence-electron chi connectivity index (χ4n) is 1.23. The van der Waals surface area contributed by atoms with Crippen LogP contribution < -0.4 is 5.32 Å². The van der Waals surface area contributed by atoms with Crippen LogP contribution in [0.3, 0.4) is 0 Å². The Hall–Kier alpha value is -0.120. The molecule has 1 atom stereocenters. The van der Waals surface area contributed by atoms with E-state index >= 15 is 0 Å². The Morgan fingerprint density at radius 1 is 1.27 bits per heavy atom. The van der Waals surface area contributed by atoms with E-state index in [0.29, 0.717) is 18.1 Å². The molecule has 0 rings (SSSR count). The largest absolute Gasteiger partial charge is 0.395 e. The molecule has 0 fully saturated rings. The first kappa shape index (κ1) is 14.9. The van der Waals surface area contributed by atoms with E-state index in [4.69, 9.17) is 9.84 Å². The maximum absolute atomic E-state index is 9.09. The van der Waals surface area contributed by atoms with Crippen molar-refractivity contribution in [1.82, 2.24) is 5.32 Å². The van der Waals surface area contributed by atoms with Crippen LogP contribution in [0.4, 0.5) is 0 Å². The minimum Gasteiger partial charge on any atom is -0.395 e. The lowest BCUT2D eigenvalue weighted by molar-refractivity contribution is 0.0703. The van der Waals surface area contributed by atoms with E-state index in [0.717, 1.165) is 13.0 Å². The molecule has 0 bridgehead atoms. The molecule has 0 saturated heterocycles. The van der Waals surface area contributed by atoms with Crippen LogP contribution in [0.1, 0.15) is 41.0 Å².